The highest BCUT2D eigenvalue weighted by molar-refractivity contribution is 6.05. The highest BCUT2D eigenvalue weighted by Gasteiger charge is 2.26. The van der Waals surface area contributed by atoms with E-state index in [1.165, 1.54) is 47.6 Å². The number of halogens is 6. The van der Waals surface area contributed by atoms with Gasteiger partial charge in [0.15, 0.2) is 11.6 Å². The number of fused-ring (bicyclic) bond motifs is 2. The Labute approximate surface area is 469 Å². The molecule has 4 aromatic heterocycles. The van der Waals surface area contributed by atoms with Crippen LogP contribution in [0, 0.1) is 57.6 Å². The van der Waals surface area contributed by atoms with Gasteiger partial charge in [-0.2, -0.15) is 10.5 Å². The molecule has 6 aromatic carbocycles. The molecule has 0 saturated carbocycles. The van der Waals surface area contributed by atoms with Crippen molar-refractivity contribution in [1.82, 2.24) is 29.1 Å². The molecule has 0 amide bonds. The molecular formula is C62H44F6N8O7. The summed E-state index contributed by atoms with van der Waals surface area (Å²) < 4.78 is 126. The van der Waals surface area contributed by atoms with Gasteiger partial charge in [0.05, 0.1) is 70.0 Å². The molecule has 0 atom stereocenters. The first-order chi connectivity index (χ1) is 40.2. The molecule has 83 heavy (non-hydrogen) atoms. The molecule has 0 saturated heterocycles. The first-order valence-electron chi connectivity index (χ1n) is 25.5. The maximum atomic E-state index is 16.0. The van der Waals surface area contributed by atoms with Crippen LogP contribution < -0.4 is 9.47 Å². The standard InChI is InChI=1S/C62H44F6N8O7/c1-79-19-17-75-53-25-41(23-49(67)59(53)73-55(75)27-39-21-47(65)43(29-45(39)63)51-5-3-7-57(71-51)81-33-37-13-9-35(31-69)10-14-37)61(77)83-62(78)42-24-50(68)60-54(26-42)76(18-20-80-2)56(74-60)28-40-22-48(66)44(30-46(40)64)52-6-4-8-58(72-52)82-34-38-15-11-36(32-70)12-16-38/h3-16,21-26,29-30H,17-20,27-28,33-34H2,1-2H3. The number of carbonyl (C=O) groups is 2. The molecule has 0 bridgehead atoms. The Morgan fingerprint density at radius 1 is 0.494 bits per heavy atom. The van der Waals surface area contributed by atoms with Crippen molar-refractivity contribution in [3.8, 4) is 46.4 Å². The van der Waals surface area contributed by atoms with Crippen molar-refractivity contribution in [3.63, 3.8) is 0 Å². The van der Waals surface area contributed by atoms with Crippen molar-refractivity contribution < 1.29 is 59.6 Å². The van der Waals surface area contributed by atoms with Gasteiger partial charge in [-0.1, -0.05) is 36.4 Å². The number of ether oxygens (including phenoxy) is 5. The highest BCUT2D eigenvalue weighted by Crippen LogP contribution is 2.32. The summed E-state index contributed by atoms with van der Waals surface area (Å²) in [6.07, 6.45) is -0.690. The van der Waals surface area contributed by atoms with Crippen molar-refractivity contribution in [1.29, 1.82) is 10.5 Å². The summed E-state index contributed by atoms with van der Waals surface area (Å²) in [6.45, 7) is 0.306. The van der Waals surface area contributed by atoms with Crippen LogP contribution in [0.4, 0.5) is 26.3 Å². The Morgan fingerprint density at radius 3 is 1.29 bits per heavy atom. The normalized spacial score (nSPS) is 11.2. The molecule has 0 aliphatic carbocycles. The van der Waals surface area contributed by atoms with E-state index in [1.807, 2.05) is 12.1 Å². The fourth-order valence-electron chi connectivity index (χ4n) is 9.17. The van der Waals surface area contributed by atoms with Crippen molar-refractivity contribution in [2.24, 2.45) is 0 Å². The first-order valence-corrected chi connectivity index (χ1v) is 25.5. The van der Waals surface area contributed by atoms with E-state index in [0.29, 0.717) is 11.1 Å². The van der Waals surface area contributed by atoms with Crippen LogP contribution >= 0.6 is 0 Å². The van der Waals surface area contributed by atoms with Gasteiger partial charge in [0.1, 0.15) is 59.2 Å². The number of hydrogen-bond donors (Lipinski definition) is 0. The number of hydrogen-bond acceptors (Lipinski definition) is 13. The quantitative estimate of drug-likeness (QED) is 0.0398. The molecular weight excluding hydrogens is 1080 g/mol. The Bertz CT molecular complexity index is 3950. The number of benzene rings is 6. The third-order valence-electron chi connectivity index (χ3n) is 13.4. The van der Waals surface area contributed by atoms with Gasteiger partial charge >= 0.3 is 11.9 Å². The van der Waals surface area contributed by atoms with E-state index >= 15 is 26.3 Å². The zero-order valence-electron chi connectivity index (χ0n) is 44.1. The topological polar surface area (TPSA) is 189 Å². The number of pyridine rings is 2. The smallest absolute Gasteiger partial charge is 0.346 e. The van der Waals surface area contributed by atoms with Crippen molar-refractivity contribution in [3.05, 3.63) is 225 Å². The van der Waals surface area contributed by atoms with Crippen LogP contribution in [0.5, 0.6) is 11.8 Å². The van der Waals surface area contributed by atoms with Crippen LogP contribution in [0.3, 0.4) is 0 Å². The first kappa shape index (κ1) is 56.1. The lowest BCUT2D eigenvalue weighted by Gasteiger charge is -2.12. The molecule has 0 spiro atoms. The van der Waals surface area contributed by atoms with Gasteiger partial charge in [0.2, 0.25) is 11.8 Å². The fourth-order valence-corrected chi connectivity index (χ4v) is 9.17. The molecule has 0 aliphatic heterocycles. The second-order valence-corrected chi connectivity index (χ2v) is 18.8. The molecule has 15 nitrogen and oxygen atoms in total. The van der Waals surface area contributed by atoms with Gasteiger partial charge in [0, 0.05) is 63.4 Å². The number of aromatic nitrogens is 6. The lowest BCUT2D eigenvalue weighted by Crippen LogP contribution is -2.14. The maximum Gasteiger partial charge on any atom is 0.346 e. The highest BCUT2D eigenvalue weighted by atomic mass is 19.1. The zero-order valence-corrected chi connectivity index (χ0v) is 44.1. The molecule has 10 rings (SSSR count). The summed E-state index contributed by atoms with van der Waals surface area (Å²) in [5, 5.41) is 18.1. The maximum absolute atomic E-state index is 16.0. The molecule has 0 aliphatic rings. The van der Waals surface area contributed by atoms with Crippen LogP contribution in [0.25, 0.3) is 44.6 Å². The Morgan fingerprint density at radius 2 is 0.904 bits per heavy atom. The minimum atomic E-state index is -1.33. The average molecular weight is 1130 g/mol. The van der Waals surface area contributed by atoms with Crippen molar-refractivity contribution >= 4 is 34.0 Å². The lowest BCUT2D eigenvalue weighted by atomic mass is 10.0. The third-order valence-corrected chi connectivity index (χ3v) is 13.4. The number of rotatable bonds is 20. The van der Waals surface area contributed by atoms with Gasteiger partial charge in [-0.25, -0.2) is 55.9 Å². The van der Waals surface area contributed by atoms with E-state index in [9.17, 15) is 9.59 Å². The predicted molar refractivity (Wildman–Crippen MR) is 289 cm³/mol. The zero-order chi connectivity index (χ0) is 58.3. The van der Waals surface area contributed by atoms with Crippen molar-refractivity contribution in [2.75, 3.05) is 27.4 Å². The Hall–Kier alpha value is -10.2. The van der Waals surface area contributed by atoms with Gasteiger partial charge < -0.3 is 32.8 Å². The number of esters is 2. The van der Waals surface area contributed by atoms with E-state index in [4.69, 9.17) is 34.2 Å². The fraction of sp³-hybridized carbons (Fsp3) is 0.161. The molecule has 0 N–H and O–H groups in total. The van der Waals surface area contributed by atoms with Gasteiger partial charge in [-0.05, 0) is 107 Å². The number of nitriles is 2. The average Bonchev–Trinajstić information content (AvgIpc) is 3.50. The van der Waals surface area contributed by atoms with E-state index in [-0.39, 0.29) is 131 Å². The molecule has 0 unspecified atom stereocenters. The van der Waals surface area contributed by atoms with Gasteiger partial charge in [0.25, 0.3) is 0 Å². The molecule has 0 radical (unpaired) electrons. The van der Waals surface area contributed by atoms with Crippen LogP contribution in [-0.2, 0) is 53.4 Å². The third kappa shape index (κ3) is 12.4. The monoisotopic (exact) mass is 1130 g/mol. The number of imidazole rings is 2. The second kappa shape index (κ2) is 24.7. The summed E-state index contributed by atoms with van der Waals surface area (Å²) in [6, 6.07) is 34.6. The van der Waals surface area contributed by atoms with E-state index in [2.05, 4.69) is 19.9 Å². The largest absolute Gasteiger partial charge is 0.473 e. The van der Waals surface area contributed by atoms with Crippen LogP contribution in [-0.4, -0.2) is 68.4 Å². The van der Waals surface area contributed by atoms with E-state index < -0.39 is 58.0 Å². The molecule has 0 fully saturated rings. The molecule has 10 aromatic rings. The summed E-state index contributed by atoms with van der Waals surface area (Å²) in [5.41, 5.74) is 0.702. The summed E-state index contributed by atoms with van der Waals surface area (Å²) in [5.74, 6) is -7.58. The minimum Gasteiger partial charge on any atom is -0.473 e. The minimum absolute atomic E-state index is 0.0109. The van der Waals surface area contributed by atoms with E-state index in [0.717, 1.165) is 47.5 Å². The van der Waals surface area contributed by atoms with Crippen molar-refractivity contribution in [2.45, 2.75) is 39.1 Å². The van der Waals surface area contributed by atoms with Gasteiger partial charge in [-0.3, -0.25) is 0 Å². The summed E-state index contributed by atoms with van der Waals surface area (Å²) >= 11 is 0. The number of nitrogens with zero attached hydrogens (tertiary/aromatic N) is 8. The lowest BCUT2D eigenvalue weighted by molar-refractivity contribution is 0.0397. The van der Waals surface area contributed by atoms with Gasteiger partial charge in [-0.15, -0.1) is 0 Å². The van der Waals surface area contributed by atoms with Crippen LogP contribution in [0.1, 0.15) is 65.7 Å². The van der Waals surface area contributed by atoms with Crippen LogP contribution in [0.2, 0.25) is 0 Å². The van der Waals surface area contributed by atoms with E-state index in [1.54, 1.807) is 72.8 Å². The molecule has 416 valence electrons. The Balaban J connectivity index is 0.860. The molecule has 21 heteroatoms. The summed E-state index contributed by atoms with van der Waals surface area (Å²) in [7, 11) is 2.82. The number of carbonyl (C=O) groups excluding carboxylic acids is 2. The van der Waals surface area contributed by atoms with Crippen LogP contribution in [0.15, 0.2) is 133 Å². The SMILES string of the molecule is COCCn1c(Cc2cc(F)c(-c3cccc(OCc4ccc(C#N)cc4)n3)cc2F)nc2c(F)cc(C(=O)OC(=O)c3cc(F)c4nc(Cc5cc(F)c(-c6cccc(OCc7ccc(C#N)cc7)n6)cc5F)n(CCOC)c4c3)cc21. The molecule has 4 heterocycles. The second-order valence-electron chi connectivity index (χ2n) is 18.8. The Kier molecular flexibility index (Phi) is 16.7. The summed E-state index contributed by atoms with van der Waals surface area (Å²) in [4.78, 5) is 44.9. The predicted octanol–water partition coefficient (Wildman–Crippen LogP) is 11.7. The number of methoxy groups -OCH3 is 2.